The fourth-order valence-corrected chi connectivity index (χ4v) is 1.12. The molecule has 9 nitrogen and oxygen atoms in total. The molecule has 0 saturated heterocycles. The molecule has 0 spiro atoms. The van der Waals surface area contributed by atoms with Gasteiger partial charge in [0.1, 0.15) is 6.54 Å². The summed E-state index contributed by atoms with van der Waals surface area (Å²) in [4.78, 5) is 15.4. The summed E-state index contributed by atoms with van der Waals surface area (Å²) < 4.78 is 1.16. The summed E-state index contributed by atoms with van der Waals surface area (Å²) in [6.45, 7) is -0.0988. The van der Waals surface area contributed by atoms with Crippen LogP contribution in [0.2, 0.25) is 0 Å². The molecular formula is C9H10N8O. The molecule has 1 amide bonds. The number of hydrogen-bond donors (Lipinski definition) is 2. The number of aromatic nitrogens is 5. The number of hydrazone groups is 1. The lowest BCUT2D eigenvalue weighted by Crippen LogP contribution is -2.24. The molecule has 2 aromatic heterocycles. The molecule has 0 fully saturated rings. The molecule has 3 N–H and O–H groups in total. The first-order valence-corrected chi connectivity index (χ1v) is 5.00. The molecule has 0 bridgehead atoms. The predicted octanol–water partition coefficient (Wildman–Crippen LogP) is -1.20. The van der Waals surface area contributed by atoms with Crippen molar-refractivity contribution in [3.05, 3.63) is 30.1 Å². The van der Waals surface area contributed by atoms with Gasteiger partial charge in [-0.2, -0.15) is 5.10 Å². The standard InChI is InChI=1S/C9H10N8O/c10-9-14-15-16-17(9)6-8(18)13-12-5-7-3-1-2-4-11-7/h1-5H,6H2,(H,13,18)(H2,10,14,16)/b12-5-. The van der Waals surface area contributed by atoms with Gasteiger partial charge in [-0.15, -0.1) is 0 Å². The zero-order valence-electron chi connectivity index (χ0n) is 9.26. The van der Waals surface area contributed by atoms with Gasteiger partial charge >= 0.3 is 0 Å². The van der Waals surface area contributed by atoms with Gasteiger partial charge in [0, 0.05) is 6.20 Å². The van der Waals surface area contributed by atoms with Crippen LogP contribution < -0.4 is 11.2 Å². The highest BCUT2D eigenvalue weighted by Gasteiger charge is 2.06. The number of hydrogen-bond acceptors (Lipinski definition) is 7. The lowest BCUT2D eigenvalue weighted by Gasteiger charge is -1.99. The molecular weight excluding hydrogens is 236 g/mol. The first-order chi connectivity index (χ1) is 8.75. The van der Waals surface area contributed by atoms with Crippen LogP contribution in [0.15, 0.2) is 29.5 Å². The van der Waals surface area contributed by atoms with Crippen molar-refractivity contribution in [2.24, 2.45) is 5.10 Å². The maximum absolute atomic E-state index is 11.4. The molecule has 2 heterocycles. The molecule has 0 aliphatic carbocycles. The highest BCUT2D eigenvalue weighted by Crippen LogP contribution is 1.91. The van der Waals surface area contributed by atoms with Crippen LogP contribution in [0.1, 0.15) is 5.69 Å². The molecule has 0 unspecified atom stereocenters. The topological polar surface area (TPSA) is 124 Å². The summed E-state index contributed by atoms with van der Waals surface area (Å²) in [5, 5.41) is 14.0. The number of anilines is 1. The van der Waals surface area contributed by atoms with Crippen LogP contribution in [0, 0.1) is 0 Å². The van der Waals surface area contributed by atoms with Crippen molar-refractivity contribution < 1.29 is 4.79 Å². The predicted molar refractivity (Wildman–Crippen MR) is 62.2 cm³/mol. The molecule has 2 rings (SSSR count). The fraction of sp³-hybridized carbons (Fsp3) is 0.111. The number of nitrogens with zero attached hydrogens (tertiary/aromatic N) is 6. The second-order valence-corrected chi connectivity index (χ2v) is 3.24. The van der Waals surface area contributed by atoms with E-state index >= 15 is 0 Å². The van der Waals surface area contributed by atoms with Gasteiger partial charge in [-0.05, 0) is 22.6 Å². The summed E-state index contributed by atoms with van der Waals surface area (Å²) in [5.74, 6) is -0.319. The Bertz CT molecular complexity index is 549. The third-order valence-electron chi connectivity index (χ3n) is 1.93. The minimum absolute atomic E-state index is 0.0684. The maximum Gasteiger partial charge on any atom is 0.261 e. The van der Waals surface area contributed by atoms with E-state index in [0.29, 0.717) is 5.69 Å². The number of tetrazole rings is 1. The molecule has 92 valence electrons. The Labute approximate surface area is 102 Å². The van der Waals surface area contributed by atoms with Crippen molar-refractivity contribution in [3.8, 4) is 0 Å². The van der Waals surface area contributed by atoms with Crippen molar-refractivity contribution in [2.75, 3.05) is 5.73 Å². The number of amides is 1. The van der Waals surface area contributed by atoms with E-state index < -0.39 is 0 Å². The minimum Gasteiger partial charge on any atom is -0.367 e. The molecule has 9 heteroatoms. The van der Waals surface area contributed by atoms with Crippen LogP contribution in [-0.4, -0.2) is 37.3 Å². The van der Waals surface area contributed by atoms with Gasteiger partial charge in [0.2, 0.25) is 5.95 Å². The molecule has 18 heavy (non-hydrogen) atoms. The molecule has 0 aliphatic heterocycles. The van der Waals surface area contributed by atoms with E-state index in [4.69, 9.17) is 5.73 Å². The van der Waals surface area contributed by atoms with E-state index in [1.807, 2.05) is 6.07 Å². The normalized spacial score (nSPS) is 10.7. The Morgan fingerprint density at radius 3 is 3.11 bits per heavy atom. The zero-order chi connectivity index (χ0) is 12.8. The van der Waals surface area contributed by atoms with Gasteiger partial charge in [-0.1, -0.05) is 11.2 Å². The molecule has 0 saturated carbocycles. The monoisotopic (exact) mass is 246 g/mol. The number of pyridine rings is 1. The van der Waals surface area contributed by atoms with Crippen LogP contribution in [0.25, 0.3) is 0 Å². The number of nitrogens with two attached hydrogens (primary N) is 1. The van der Waals surface area contributed by atoms with E-state index in [1.54, 1.807) is 18.3 Å². The van der Waals surface area contributed by atoms with Crippen molar-refractivity contribution in [2.45, 2.75) is 6.54 Å². The second kappa shape index (κ2) is 5.48. The van der Waals surface area contributed by atoms with Crippen molar-refractivity contribution >= 4 is 18.1 Å². The Kier molecular flexibility index (Phi) is 3.54. The van der Waals surface area contributed by atoms with E-state index in [9.17, 15) is 4.79 Å². The number of rotatable bonds is 4. The Balaban J connectivity index is 1.86. The number of carbonyl (C=O) groups is 1. The van der Waals surface area contributed by atoms with E-state index in [2.05, 4.69) is 31.0 Å². The number of nitrogens with one attached hydrogen (secondary N) is 1. The van der Waals surface area contributed by atoms with Crippen LogP contribution in [0.5, 0.6) is 0 Å². The third kappa shape index (κ3) is 3.07. The fourth-order valence-electron chi connectivity index (χ4n) is 1.12. The van der Waals surface area contributed by atoms with Gasteiger partial charge in [0.15, 0.2) is 0 Å². The highest BCUT2D eigenvalue weighted by molar-refractivity contribution is 5.80. The largest absolute Gasteiger partial charge is 0.367 e. The summed E-state index contributed by atoms with van der Waals surface area (Å²) in [6.07, 6.45) is 3.06. The summed E-state index contributed by atoms with van der Waals surface area (Å²) in [5.41, 5.74) is 8.36. The van der Waals surface area contributed by atoms with Crippen molar-refractivity contribution in [1.29, 1.82) is 0 Å². The Morgan fingerprint density at radius 1 is 1.56 bits per heavy atom. The lowest BCUT2D eigenvalue weighted by molar-refractivity contribution is -0.121. The second-order valence-electron chi connectivity index (χ2n) is 3.24. The van der Waals surface area contributed by atoms with Crippen molar-refractivity contribution in [1.82, 2.24) is 30.6 Å². The minimum atomic E-state index is -0.388. The van der Waals surface area contributed by atoms with E-state index in [0.717, 1.165) is 4.68 Å². The SMILES string of the molecule is Nc1nnnn1CC(=O)N/N=C\c1ccccn1. The smallest absolute Gasteiger partial charge is 0.261 e. The highest BCUT2D eigenvalue weighted by atomic mass is 16.2. The van der Waals surface area contributed by atoms with Gasteiger partial charge < -0.3 is 5.73 Å². The molecule has 0 radical (unpaired) electrons. The summed E-state index contributed by atoms with van der Waals surface area (Å²) in [6, 6.07) is 5.36. The van der Waals surface area contributed by atoms with E-state index in [-0.39, 0.29) is 18.4 Å². The van der Waals surface area contributed by atoms with Crippen molar-refractivity contribution in [3.63, 3.8) is 0 Å². The molecule has 0 atom stereocenters. The van der Waals surface area contributed by atoms with Gasteiger partial charge in [0.05, 0.1) is 11.9 Å². The summed E-state index contributed by atoms with van der Waals surface area (Å²) in [7, 11) is 0. The van der Waals surface area contributed by atoms with Crippen LogP contribution >= 0.6 is 0 Å². The maximum atomic E-state index is 11.4. The molecule has 0 aliphatic rings. The van der Waals surface area contributed by atoms with E-state index in [1.165, 1.54) is 6.21 Å². The quantitative estimate of drug-likeness (QED) is 0.515. The first-order valence-electron chi connectivity index (χ1n) is 5.00. The zero-order valence-corrected chi connectivity index (χ0v) is 9.26. The van der Waals surface area contributed by atoms with Crippen LogP contribution in [0.3, 0.4) is 0 Å². The third-order valence-corrected chi connectivity index (χ3v) is 1.93. The molecule has 2 aromatic rings. The number of carbonyl (C=O) groups excluding carboxylic acids is 1. The molecule has 0 aromatic carbocycles. The van der Waals surface area contributed by atoms with Gasteiger partial charge in [-0.3, -0.25) is 9.78 Å². The summed E-state index contributed by atoms with van der Waals surface area (Å²) >= 11 is 0. The first kappa shape index (κ1) is 11.6. The Morgan fingerprint density at radius 2 is 2.44 bits per heavy atom. The van der Waals surface area contributed by atoms with Gasteiger partial charge in [-0.25, -0.2) is 10.1 Å². The van der Waals surface area contributed by atoms with Gasteiger partial charge in [0.25, 0.3) is 5.91 Å². The average molecular weight is 246 g/mol. The lowest BCUT2D eigenvalue weighted by atomic mass is 10.4. The van der Waals surface area contributed by atoms with Crippen LogP contribution in [-0.2, 0) is 11.3 Å². The number of nitrogen functional groups attached to an aromatic ring is 1. The van der Waals surface area contributed by atoms with Crippen LogP contribution in [0.4, 0.5) is 5.95 Å². The average Bonchev–Trinajstić information content (AvgIpc) is 2.76. The Hall–Kier alpha value is -2.84.